The van der Waals surface area contributed by atoms with Crippen molar-refractivity contribution >= 4 is 57.9 Å². The van der Waals surface area contributed by atoms with E-state index < -0.39 is 12.7 Å². The number of halogens is 2. The van der Waals surface area contributed by atoms with Crippen molar-refractivity contribution in [3.8, 4) is 11.5 Å². The molecule has 1 atom stereocenters. The number of fused-ring (bicyclic) bond motifs is 1. The van der Waals surface area contributed by atoms with Crippen molar-refractivity contribution in [2.75, 3.05) is 49.5 Å². The quantitative estimate of drug-likeness (QED) is 0.215. The fraction of sp³-hybridized carbons (Fsp3) is 0.355. The Kier molecular flexibility index (Phi) is 8.83. The van der Waals surface area contributed by atoms with E-state index in [0.29, 0.717) is 55.9 Å². The third kappa shape index (κ3) is 5.89. The number of pyridine rings is 1. The lowest BCUT2D eigenvalue weighted by Crippen LogP contribution is -2.46. The predicted octanol–water partition coefficient (Wildman–Crippen LogP) is 7.29. The highest BCUT2D eigenvalue weighted by molar-refractivity contribution is 7.15. The lowest BCUT2D eigenvalue weighted by atomic mass is 9.91. The number of hydrogen-bond acceptors (Lipinski definition) is 9. The van der Waals surface area contributed by atoms with Crippen LogP contribution in [0, 0.1) is 0 Å². The van der Waals surface area contributed by atoms with Crippen molar-refractivity contribution in [2.24, 2.45) is 0 Å². The second kappa shape index (κ2) is 12.9. The normalized spacial score (nSPS) is 17.3. The van der Waals surface area contributed by atoms with Crippen molar-refractivity contribution < 1.29 is 18.7 Å². The Balaban J connectivity index is 1.35. The Morgan fingerprint density at radius 3 is 2.73 bits per heavy atom. The third-order valence-corrected chi connectivity index (χ3v) is 9.34. The van der Waals surface area contributed by atoms with Gasteiger partial charge in [-0.3, -0.25) is 4.90 Å². The maximum atomic E-state index is 14.1. The van der Waals surface area contributed by atoms with E-state index in [4.69, 9.17) is 26.1 Å². The van der Waals surface area contributed by atoms with Gasteiger partial charge in [-0.15, -0.1) is 11.3 Å². The molecule has 230 valence electrons. The van der Waals surface area contributed by atoms with Crippen LogP contribution >= 0.6 is 22.9 Å². The first kappa shape index (κ1) is 30.0. The number of nitrogens with one attached hydrogen (secondary N) is 1. The average Bonchev–Trinajstić information content (AvgIpc) is 3.28. The molecule has 2 aliphatic heterocycles. The number of anilines is 5. The van der Waals surface area contributed by atoms with Crippen LogP contribution in [0.5, 0.6) is 11.5 Å². The van der Waals surface area contributed by atoms with E-state index in [-0.39, 0.29) is 12.5 Å². The minimum Gasteiger partial charge on any atom is -0.495 e. The first-order valence-corrected chi connectivity index (χ1v) is 15.6. The molecule has 0 saturated carbocycles. The standard InChI is InChI=1S/C31H33ClFN7O3S/c1-38-11-4-5-19(10-12-38)20-6-8-24(25(13-20)43-3)36-30-35-15-22-17-39(27-21(14-33)18-44-28(27)32)31(41)40(29(22)37-30)26-9-7-23(42-2)16-34-26/h6-9,13,15-16,18-19H,4-5,10-12,14,17H2,1-3H3,(H,35,36,37). The average molecular weight is 638 g/mol. The van der Waals surface area contributed by atoms with Gasteiger partial charge in [0.25, 0.3) is 0 Å². The van der Waals surface area contributed by atoms with Crippen molar-refractivity contribution in [1.82, 2.24) is 19.9 Å². The van der Waals surface area contributed by atoms with Crippen LogP contribution in [0.3, 0.4) is 0 Å². The summed E-state index contributed by atoms with van der Waals surface area (Å²) in [5.41, 5.74) is 3.26. The van der Waals surface area contributed by atoms with E-state index in [1.54, 1.807) is 30.8 Å². The monoisotopic (exact) mass is 637 g/mol. The maximum Gasteiger partial charge on any atom is 0.336 e. The van der Waals surface area contributed by atoms with Gasteiger partial charge in [0.15, 0.2) is 5.82 Å². The van der Waals surface area contributed by atoms with Crippen LogP contribution in [-0.4, -0.2) is 60.2 Å². The van der Waals surface area contributed by atoms with Gasteiger partial charge in [-0.2, -0.15) is 4.98 Å². The highest BCUT2D eigenvalue weighted by Crippen LogP contribution is 2.43. The molecule has 1 unspecified atom stereocenters. The number of carbonyl (C=O) groups excluding carboxylic acids is 1. The van der Waals surface area contributed by atoms with Gasteiger partial charge < -0.3 is 19.7 Å². The summed E-state index contributed by atoms with van der Waals surface area (Å²) < 4.78 is 25.2. The van der Waals surface area contributed by atoms with Crippen molar-refractivity contribution in [3.05, 3.63) is 69.1 Å². The molecule has 4 aromatic rings. The number of benzene rings is 1. The van der Waals surface area contributed by atoms with Crippen molar-refractivity contribution in [1.29, 1.82) is 0 Å². The van der Waals surface area contributed by atoms with Crippen LogP contribution in [-0.2, 0) is 13.2 Å². The molecule has 6 rings (SSSR count). The fourth-order valence-corrected chi connectivity index (χ4v) is 6.84. The van der Waals surface area contributed by atoms with Crippen molar-refractivity contribution in [2.45, 2.75) is 38.4 Å². The molecule has 0 spiro atoms. The number of carbonyl (C=O) groups is 1. The van der Waals surface area contributed by atoms with Crippen LogP contribution in [0.2, 0.25) is 4.34 Å². The Morgan fingerprint density at radius 1 is 1.11 bits per heavy atom. The molecule has 3 aromatic heterocycles. The number of ether oxygens (including phenoxy) is 2. The van der Waals surface area contributed by atoms with Crippen LogP contribution in [0.4, 0.5) is 38.1 Å². The van der Waals surface area contributed by atoms with Crippen LogP contribution in [0.15, 0.2) is 48.1 Å². The van der Waals surface area contributed by atoms with Gasteiger partial charge in [-0.05, 0) is 75.1 Å². The number of rotatable bonds is 8. The number of methoxy groups -OCH3 is 2. The maximum absolute atomic E-state index is 14.1. The lowest BCUT2D eigenvalue weighted by Gasteiger charge is -2.35. The van der Waals surface area contributed by atoms with Gasteiger partial charge >= 0.3 is 6.03 Å². The first-order valence-electron chi connectivity index (χ1n) is 14.3. The fourth-order valence-electron chi connectivity index (χ4n) is 5.71. The smallest absolute Gasteiger partial charge is 0.336 e. The molecular formula is C31H33ClFN7O3S. The summed E-state index contributed by atoms with van der Waals surface area (Å²) in [6.45, 7) is 1.54. The Hall–Kier alpha value is -4.00. The number of urea groups is 1. The number of amides is 2. The molecule has 1 aromatic carbocycles. The molecule has 13 heteroatoms. The number of nitrogens with zero attached hydrogens (tertiary/aromatic N) is 6. The molecule has 0 radical (unpaired) electrons. The second-order valence-electron chi connectivity index (χ2n) is 10.8. The molecule has 44 heavy (non-hydrogen) atoms. The van der Waals surface area contributed by atoms with E-state index in [1.165, 1.54) is 40.0 Å². The predicted molar refractivity (Wildman–Crippen MR) is 171 cm³/mol. The Morgan fingerprint density at radius 2 is 1.98 bits per heavy atom. The van der Waals surface area contributed by atoms with Crippen LogP contribution in [0.1, 0.15) is 41.9 Å². The molecule has 5 heterocycles. The molecule has 1 saturated heterocycles. The largest absolute Gasteiger partial charge is 0.495 e. The van der Waals surface area contributed by atoms with Crippen LogP contribution < -0.4 is 24.6 Å². The Labute approximate surface area is 264 Å². The van der Waals surface area contributed by atoms with Gasteiger partial charge in [0, 0.05) is 22.7 Å². The minimum absolute atomic E-state index is 0.110. The van der Waals surface area contributed by atoms with E-state index in [9.17, 15) is 9.18 Å². The minimum atomic E-state index is -0.756. The zero-order chi connectivity index (χ0) is 30.8. The second-order valence-corrected chi connectivity index (χ2v) is 12.3. The summed E-state index contributed by atoms with van der Waals surface area (Å²) in [6.07, 6.45) is 6.57. The molecule has 2 amide bonds. The van der Waals surface area contributed by atoms with Crippen LogP contribution in [0.25, 0.3) is 0 Å². The molecule has 1 fully saturated rings. The van der Waals surface area contributed by atoms with E-state index >= 15 is 0 Å². The summed E-state index contributed by atoms with van der Waals surface area (Å²) in [4.78, 5) is 33.0. The molecule has 10 nitrogen and oxygen atoms in total. The number of thiophene rings is 1. The number of aromatic nitrogens is 3. The number of hydrogen-bond donors (Lipinski definition) is 1. The SMILES string of the molecule is COc1ccc(N2C(=O)N(c3c(CF)csc3Cl)Cc3cnc(Nc4ccc(C5CCCN(C)CC5)cc4OC)nc32)nc1. The summed E-state index contributed by atoms with van der Waals surface area (Å²) >= 11 is 7.63. The van der Waals surface area contributed by atoms with Crippen molar-refractivity contribution in [3.63, 3.8) is 0 Å². The van der Waals surface area contributed by atoms with Gasteiger partial charge in [0.1, 0.15) is 28.3 Å². The van der Waals surface area contributed by atoms with E-state index in [1.807, 2.05) is 6.07 Å². The summed E-state index contributed by atoms with van der Waals surface area (Å²) in [5, 5.41) is 4.90. The van der Waals surface area contributed by atoms with Gasteiger partial charge in [0.2, 0.25) is 5.95 Å². The molecule has 0 bridgehead atoms. The summed E-state index contributed by atoms with van der Waals surface area (Å²) in [6, 6.07) is 9.10. The van der Waals surface area contributed by atoms with Gasteiger partial charge in [-0.1, -0.05) is 17.7 Å². The molecule has 2 aliphatic rings. The summed E-state index contributed by atoms with van der Waals surface area (Å²) in [5.74, 6) is 2.64. The molecular weight excluding hydrogens is 605 g/mol. The van der Waals surface area contributed by atoms with Gasteiger partial charge in [0.05, 0.1) is 38.3 Å². The number of likely N-dealkylation sites (tertiary alicyclic amines) is 1. The molecule has 1 N–H and O–H groups in total. The number of alkyl halides is 1. The summed E-state index contributed by atoms with van der Waals surface area (Å²) in [7, 11) is 5.35. The lowest BCUT2D eigenvalue weighted by molar-refractivity contribution is 0.252. The highest BCUT2D eigenvalue weighted by Gasteiger charge is 2.37. The highest BCUT2D eigenvalue weighted by atomic mass is 35.5. The Bertz CT molecular complexity index is 1650. The topological polar surface area (TPSA) is 96.0 Å². The zero-order valence-corrected chi connectivity index (χ0v) is 26.3. The first-order chi connectivity index (χ1) is 21.4. The zero-order valence-electron chi connectivity index (χ0n) is 24.7. The van der Waals surface area contributed by atoms with E-state index in [0.717, 1.165) is 32.4 Å². The third-order valence-electron chi connectivity index (χ3n) is 8.09. The van der Waals surface area contributed by atoms with E-state index in [2.05, 4.69) is 39.4 Å². The van der Waals surface area contributed by atoms with Gasteiger partial charge in [-0.25, -0.2) is 24.1 Å². The molecule has 0 aliphatic carbocycles.